The van der Waals surface area contributed by atoms with Crippen LogP contribution in [0.3, 0.4) is 0 Å². The fourth-order valence-corrected chi connectivity index (χ4v) is 3.25. The van der Waals surface area contributed by atoms with Gasteiger partial charge in [-0.2, -0.15) is 0 Å². The molecule has 2 N–H and O–H groups in total. The summed E-state index contributed by atoms with van der Waals surface area (Å²) >= 11 is 0. The van der Waals surface area contributed by atoms with E-state index in [-0.39, 0.29) is 5.91 Å². The van der Waals surface area contributed by atoms with Gasteiger partial charge in [-0.25, -0.2) is 0 Å². The summed E-state index contributed by atoms with van der Waals surface area (Å²) in [5.41, 5.74) is 5.33. The van der Waals surface area contributed by atoms with Crippen molar-refractivity contribution in [3.63, 3.8) is 0 Å². The number of hydrogen-bond donors (Lipinski definition) is 2. The molecular weight excluding hydrogens is 286 g/mol. The molecule has 23 heavy (non-hydrogen) atoms. The third kappa shape index (κ3) is 3.95. The van der Waals surface area contributed by atoms with Gasteiger partial charge in [-0.3, -0.25) is 4.79 Å². The van der Waals surface area contributed by atoms with Gasteiger partial charge in [0, 0.05) is 35.9 Å². The molecule has 1 saturated heterocycles. The summed E-state index contributed by atoms with van der Waals surface area (Å²) in [5.74, 6) is 0.0258. The molecule has 4 heteroatoms. The number of aryl methyl sites for hydroxylation is 2. The van der Waals surface area contributed by atoms with Crippen molar-refractivity contribution in [1.29, 1.82) is 0 Å². The van der Waals surface area contributed by atoms with E-state index in [1.165, 1.54) is 24.9 Å². The molecule has 1 amide bonds. The number of anilines is 2. The van der Waals surface area contributed by atoms with Gasteiger partial charge in [0.2, 0.25) is 5.91 Å². The van der Waals surface area contributed by atoms with Crippen LogP contribution in [0.5, 0.6) is 0 Å². The van der Waals surface area contributed by atoms with Crippen molar-refractivity contribution in [2.24, 2.45) is 0 Å². The van der Waals surface area contributed by atoms with Crippen LogP contribution < -0.4 is 10.2 Å². The van der Waals surface area contributed by atoms with Crippen LogP contribution in [-0.2, 0) is 11.2 Å². The van der Waals surface area contributed by atoms with Crippen LogP contribution >= 0.6 is 0 Å². The lowest BCUT2D eigenvalue weighted by atomic mass is 10.1. The predicted molar refractivity (Wildman–Crippen MR) is 95.1 cm³/mol. The summed E-state index contributed by atoms with van der Waals surface area (Å²) < 4.78 is 0. The first kappa shape index (κ1) is 15.7. The Balaban J connectivity index is 1.59. The Morgan fingerprint density at radius 3 is 2.43 bits per heavy atom. The van der Waals surface area contributed by atoms with Gasteiger partial charge in [0.25, 0.3) is 0 Å². The fraction of sp³-hybridized carbons (Fsp3) is 0.421. The molecule has 2 heterocycles. The Morgan fingerprint density at radius 2 is 1.83 bits per heavy atom. The average molecular weight is 311 g/mol. The molecule has 0 radical (unpaired) electrons. The van der Waals surface area contributed by atoms with Gasteiger partial charge in [-0.15, -0.1) is 0 Å². The number of benzene rings is 1. The fourth-order valence-electron chi connectivity index (χ4n) is 3.25. The zero-order valence-electron chi connectivity index (χ0n) is 14.0. The predicted octanol–water partition coefficient (Wildman–Crippen LogP) is 3.80. The number of carbonyl (C=O) groups excluding carboxylic acids is 1. The van der Waals surface area contributed by atoms with Crippen LogP contribution in [0, 0.1) is 13.8 Å². The van der Waals surface area contributed by atoms with E-state index in [0.717, 1.165) is 35.7 Å². The Labute approximate surface area is 137 Å². The molecule has 0 aliphatic carbocycles. The van der Waals surface area contributed by atoms with Crippen LogP contribution in [-0.4, -0.2) is 24.0 Å². The number of aromatic nitrogens is 1. The Bertz CT molecular complexity index is 666. The molecule has 0 spiro atoms. The van der Waals surface area contributed by atoms with E-state index in [0.29, 0.717) is 6.42 Å². The van der Waals surface area contributed by atoms with Crippen molar-refractivity contribution in [1.82, 2.24) is 4.98 Å². The highest BCUT2D eigenvalue weighted by Crippen LogP contribution is 2.22. The second-order valence-corrected chi connectivity index (χ2v) is 6.42. The van der Waals surface area contributed by atoms with Crippen molar-refractivity contribution in [3.8, 4) is 0 Å². The van der Waals surface area contributed by atoms with E-state index in [4.69, 9.17) is 0 Å². The normalized spacial score (nSPS) is 14.8. The monoisotopic (exact) mass is 311 g/mol. The summed E-state index contributed by atoms with van der Waals surface area (Å²) in [6.45, 7) is 6.28. The zero-order chi connectivity index (χ0) is 16.2. The summed E-state index contributed by atoms with van der Waals surface area (Å²) in [4.78, 5) is 17.8. The molecule has 0 atom stereocenters. The number of hydrogen-bond acceptors (Lipinski definition) is 2. The number of H-pyrrole nitrogens is 1. The molecule has 0 unspecified atom stereocenters. The lowest BCUT2D eigenvalue weighted by Gasteiger charge is -2.28. The van der Waals surface area contributed by atoms with Gasteiger partial charge in [-0.1, -0.05) is 0 Å². The SMILES string of the molecule is Cc1cc(CC(=O)Nc2ccc(N3CCCCC3)cc2)c(C)[nH]1. The number of piperidine rings is 1. The Hall–Kier alpha value is -2.23. The van der Waals surface area contributed by atoms with E-state index < -0.39 is 0 Å². The van der Waals surface area contributed by atoms with Crippen molar-refractivity contribution in [2.75, 3.05) is 23.3 Å². The standard InChI is InChI=1S/C19H25N3O/c1-14-12-16(15(2)20-14)13-19(23)21-17-6-8-18(9-7-17)22-10-4-3-5-11-22/h6-9,12,20H,3-5,10-11,13H2,1-2H3,(H,21,23). The van der Waals surface area contributed by atoms with E-state index in [1.807, 2.05) is 32.0 Å². The first-order valence-corrected chi connectivity index (χ1v) is 8.42. The van der Waals surface area contributed by atoms with Crippen LogP contribution in [0.4, 0.5) is 11.4 Å². The van der Waals surface area contributed by atoms with Crippen LogP contribution in [0.25, 0.3) is 0 Å². The zero-order valence-corrected chi connectivity index (χ0v) is 14.0. The third-order valence-electron chi connectivity index (χ3n) is 4.48. The van der Waals surface area contributed by atoms with Gasteiger partial charge < -0.3 is 15.2 Å². The van der Waals surface area contributed by atoms with Gasteiger partial charge in [0.05, 0.1) is 6.42 Å². The number of nitrogens with zero attached hydrogens (tertiary/aromatic N) is 1. The van der Waals surface area contributed by atoms with Gasteiger partial charge >= 0.3 is 0 Å². The summed E-state index contributed by atoms with van der Waals surface area (Å²) in [6, 6.07) is 10.2. The highest BCUT2D eigenvalue weighted by Gasteiger charge is 2.12. The molecule has 2 aromatic rings. The first-order valence-electron chi connectivity index (χ1n) is 8.42. The third-order valence-corrected chi connectivity index (χ3v) is 4.48. The highest BCUT2D eigenvalue weighted by molar-refractivity contribution is 5.92. The van der Waals surface area contributed by atoms with Crippen molar-refractivity contribution < 1.29 is 4.79 Å². The topological polar surface area (TPSA) is 48.1 Å². The van der Waals surface area contributed by atoms with Gasteiger partial charge in [-0.05, 0) is 69.0 Å². The van der Waals surface area contributed by atoms with Crippen molar-refractivity contribution in [2.45, 2.75) is 39.5 Å². The molecule has 122 valence electrons. The lowest BCUT2D eigenvalue weighted by Crippen LogP contribution is -2.29. The van der Waals surface area contributed by atoms with Crippen molar-refractivity contribution >= 4 is 17.3 Å². The number of carbonyl (C=O) groups is 1. The minimum absolute atomic E-state index is 0.0258. The smallest absolute Gasteiger partial charge is 0.228 e. The van der Waals surface area contributed by atoms with Crippen molar-refractivity contribution in [3.05, 3.63) is 47.3 Å². The van der Waals surface area contributed by atoms with Crippen LogP contribution in [0.1, 0.15) is 36.2 Å². The number of amides is 1. The maximum atomic E-state index is 12.2. The second-order valence-electron chi connectivity index (χ2n) is 6.42. The van der Waals surface area contributed by atoms with Gasteiger partial charge in [0.15, 0.2) is 0 Å². The van der Waals surface area contributed by atoms with E-state index in [9.17, 15) is 4.79 Å². The summed E-state index contributed by atoms with van der Waals surface area (Å²) in [6.07, 6.45) is 4.29. The van der Waals surface area contributed by atoms with Gasteiger partial charge in [0.1, 0.15) is 0 Å². The van der Waals surface area contributed by atoms with Crippen LogP contribution in [0.2, 0.25) is 0 Å². The molecule has 0 bridgehead atoms. The molecule has 0 saturated carbocycles. The summed E-state index contributed by atoms with van der Waals surface area (Å²) in [5, 5.41) is 2.99. The molecule has 1 aromatic heterocycles. The van der Waals surface area contributed by atoms with E-state index in [2.05, 4.69) is 27.3 Å². The minimum Gasteiger partial charge on any atom is -0.372 e. The molecule has 3 rings (SSSR count). The van der Waals surface area contributed by atoms with E-state index >= 15 is 0 Å². The number of nitrogens with one attached hydrogen (secondary N) is 2. The molecule has 1 aliphatic heterocycles. The quantitative estimate of drug-likeness (QED) is 0.902. The minimum atomic E-state index is 0.0258. The Kier molecular flexibility index (Phi) is 4.70. The van der Waals surface area contributed by atoms with E-state index in [1.54, 1.807) is 0 Å². The van der Waals surface area contributed by atoms with Crippen LogP contribution in [0.15, 0.2) is 30.3 Å². The number of rotatable bonds is 4. The molecule has 1 aliphatic rings. The lowest BCUT2D eigenvalue weighted by molar-refractivity contribution is -0.115. The maximum Gasteiger partial charge on any atom is 0.228 e. The maximum absolute atomic E-state index is 12.2. The number of aromatic amines is 1. The molecule has 1 aromatic carbocycles. The largest absolute Gasteiger partial charge is 0.372 e. The summed E-state index contributed by atoms with van der Waals surface area (Å²) in [7, 11) is 0. The Morgan fingerprint density at radius 1 is 1.13 bits per heavy atom. The average Bonchev–Trinajstić information content (AvgIpc) is 2.86. The second kappa shape index (κ2) is 6.90. The first-order chi connectivity index (χ1) is 11.1. The molecule has 1 fully saturated rings. The molecular formula is C19H25N3O. The highest BCUT2D eigenvalue weighted by atomic mass is 16.1. The molecule has 4 nitrogen and oxygen atoms in total.